The van der Waals surface area contributed by atoms with Gasteiger partial charge in [0.15, 0.2) is 0 Å². The van der Waals surface area contributed by atoms with E-state index in [-0.39, 0.29) is 18.1 Å². The van der Waals surface area contributed by atoms with E-state index in [4.69, 9.17) is 36.3 Å². The van der Waals surface area contributed by atoms with Crippen LogP contribution in [0.15, 0.2) is 18.2 Å². The van der Waals surface area contributed by atoms with Crippen LogP contribution in [-0.4, -0.2) is 45.0 Å². The van der Waals surface area contributed by atoms with Crippen molar-refractivity contribution in [3.05, 3.63) is 28.8 Å². The number of methoxy groups -OCH3 is 1. The first-order valence-corrected chi connectivity index (χ1v) is 8.41. The fourth-order valence-corrected chi connectivity index (χ4v) is 2.57. The summed E-state index contributed by atoms with van der Waals surface area (Å²) in [4.78, 5) is 11.1. The summed E-state index contributed by atoms with van der Waals surface area (Å²) in [5.41, 5.74) is 6.94. The van der Waals surface area contributed by atoms with Crippen LogP contribution in [0.5, 0.6) is 5.75 Å². The normalized spacial score (nSPS) is 18.5. The second-order valence-electron chi connectivity index (χ2n) is 5.71. The maximum Gasteiger partial charge on any atom is 0.306 e. The largest absolute Gasteiger partial charge is 0.492 e. The molecule has 0 aliphatic carbocycles. The van der Waals surface area contributed by atoms with Crippen molar-refractivity contribution in [3.63, 3.8) is 0 Å². The summed E-state index contributed by atoms with van der Waals surface area (Å²) in [7, 11) is 1.65. The Morgan fingerprint density at radius 1 is 1.42 bits per heavy atom. The molecule has 0 aromatic heterocycles. The number of ether oxygens (including phenoxy) is 4. The van der Waals surface area contributed by atoms with Gasteiger partial charge in [0.05, 0.1) is 30.9 Å². The monoisotopic (exact) mass is 357 g/mol. The number of esters is 1. The number of nitrogens with two attached hydrogens (primary N) is 1. The van der Waals surface area contributed by atoms with Gasteiger partial charge in [0, 0.05) is 26.6 Å². The third kappa shape index (κ3) is 5.94. The fraction of sp³-hybridized carbons (Fsp3) is 0.588. The third-order valence-corrected chi connectivity index (χ3v) is 4.03. The Hall–Kier alpha value is -1.34. The molecule has 1 heterocycles. The van der Waals surface area contributed by atoms with Crippen molar-refractivity contribution in [3.8, 4) is 5.75 Å². The van der Waals surface area contributed by atoms with Gasteiger partial charge in [-0.3, -0.25) is 4.79 Å². The van der Waals surface area contributed by atoms with Gasteiger partial charge >= 0.3 is 5.97 Å². The van der Waals surface area contributed by atoms with E-state index >= 15 is 0 Å². The summed E-state index contributed by atoms with van der Waals surface area (Å²) in [5.74, 6) is 0.436. The highest BCUT2D eigenvalue weighted by molar-refractivity contribution is 6.32. The Kier molecular flexibility index (Phi) is 7.78. The van der Waals surface area contributed by atoms with Gasteiger partial charge in [0.2, 0.25) is 0 Å². The molecule has 7 heteroatoms. The minimum absolute atomic E-state index is 0.191. The molecule has 2 rings (SSSR count). The molecule has 24 heavy (non-hydrogen) atoms. The Labute approximate surface area is 147 Å². The van der Waals surface area contributed by atoms with Crippen LogP contribution in [0.1, 0.15) is 24.8 Å². The standard InChI is InChI=1S/C17H24ClNO5/c1-21-7-2-8-23-16-9-12(3-4-13(16)18)10-22-11-14(19)15-5-6-17(20)24-15/h3-4,9,14-15H,2,5-8,10-11,19H2,1H3. The zero-order chi connectivity index (χ0) is 17.4. The van der Waals surface area contributed by atoms with Gasteiger partial charge in [-0.15, -0.1) is 0 Å². The molecule has 6 nitrogen and oxygen atoms in total. The minimum Gasteiger partial charge on any atom is -0.492 e. The molecular formula is C17H24ClNO5. The molecule has 1 aromatic rings. The van der Waals surface area contributed by atoms with Crippen molar-refractivity contribution in [1.82, 2.24) is 0 Å². The van der Waals surface area contributed by atoms with Crippen LogP contribution in [0.2, 0.25) is 5.02 Å². The van der Waals surface area contributed by atoms with E-state index in [0.29, 0.717) is 50.0 Å². The highest BCUT2D eigenvalue weighted by Gasteiger charge is 2.28. The molecule has 1 aliphatic heterocycles. The van der Waals surface area contributed by atoms with Gasteiger partial charge in [-0.2, -0.15) is 0 Å². The summed E-state index contributed by atoms with van der Waals surface area (Å²) in [5, 5.41) is 0.561. The van der Waals surface area contributed by atoms with Crippen LogP contribution in [0.25, 0.3) is 0 Å². The quantitative estimate of drug-likeness (QED) is 0.511. The van der Waals surface area contributed by atoms with Crippen LogP contribution >= 0.6 is 11.6 Å². The molecule has 0 radical (unpaired) electrons. The zero-order valence-electron chi connectivity index (χ0n) is 13.8. The van der Waals surface area contributed by atoms with Crippen molar-refractivity contribution < 1.29 is 23.7 Å². The first-order chi connectivity index (χ1) is 11.6. The molecular weight excluding hydrogens is 334 g/mol. The van der Waals surface area contributed by atoms with Crippen LogP contribution < -0.4 is 10.5 Å². The number of halogens is 1. The summed E-state index contributed by atoms with van der Waals surface area (Å²) in [6, 6.07) is 5.21. The van der Waals surface area contributed by atoms with Crippen molar-refractivity contribution >= 4 is 17.6 Å². The lowest BCUT2D eigenvalue weighted by Gasteiger charge is -2.18. The van der Waals surface area contributed by atoms with Crippen molar-refractivity contribution in [2.75, 3.05) is 26.9 Å². The molecule has 134 valence electrons. The number of hydrogen-bond donors (Lipinski definition) is 1. The van der Waals surface area contributed by atoms with E-state index in [1.54, 1.807) is 13.2 Å². The maximum atomic E-state index is 11.1. The topological polar surface area (TPSA) is 80.0 Å². The van der Waals surface area contributed by atoms with Crippen molar-refractivity contribution in [2.45, 2.75) is 38.0 Å². The summed E-state index contributed by atoms with van der Waals surface area (Å²) < 4.78 is 21.4. The molecule has 0 saturated carbocycles. The van der Waals surface area contributed by atoms with E-state index in [9.17, 15) is 4.79 Å². The number of hydrogen-bond acceptors (Lipinski definition) is 6. The molecule has 0 amide bonds. The summed E-state index contributed by atoms with van der Waals surface area (Å²) in [6.07, 6.45) is 1.63. The van der Waals surface area contributed by atoms with Gasteiger partial charge in [-0.05, 0) is 24.1 Å². The van der Waals surface area contributed by atoms with Gasteiger partial charge in [-0.25, -0.2) is 0 Å². The van der Waals surface area contributed by atoms with E-state index < -0.39 is 0 Å². The lowest BCUT2D eigenvalue weighted by molar-refractivity contribution is -0.142. The molecule has 0 bridgehead atoms. The second-order valence-corrected chi connectivity index (χ2v) is 6.11. The van der Waals surface area contributed by atoms with Crippen LogP contribution in [0.3, 0.4) is 0 Å². The SMILES string of the molecule is COCCCOc1cc(COCC(N)C2CCC(=O)O2)ccc1Cl. The van der Waals surface area contributed by atoms with E-state index in [2.05, 4.69) is 0 Å². The molecule has 1 aromatic carbocycles. The second kappa shape index (κ2) is 9.84. The summed E-state index contributed by atoms with van der Waals surface area (Å²) >= 11 is 6.13. The third-order valence-electron chi connectivity index (χ3n) is 3.72. The highest BCUT2D eigenvalue weighted by atomic mass is 35.5. The number of benzene rings is 1. The average Bonchev–Trinajstić information content (AvgIpc) is 3.00. The van der Waals surface area contributed by atoms with E-state index in [0.717, 1.165) is 12.0 Å². The number of carbonyl (C=O) groups is 1. The lowest BCUT2D eigenvalue weighted by atomic mass is 10.1. The Morgan fingerprint density at radius 2 is 2.25 bits per heavy atom. The molecule has 2 unspecified atom stereocenters. The minimum atomic E-state index is -0.312. The molecule has 2 N–H and O–H groups in total. The Bertz CT molecular complexity index is 540. The van der Waals surface area contributed by atoms with Crippen LogP contribution in [0.4, 0.5) is 0 Å². The predicted molar refractivity (Wildman–Crippen MR) is 90.2 cm³/mol. The molecule has 2 atom stereocenters. The first kappa shape index (κ1) is 19.0. The number of cyclic esters (lactones) is 1. The van der Waals surface area contributed by atoms with E-state index in [1.165, 1.54) is 0 Å². The highest BCUT2D eigenvalue weighted by Crippen LogP contribution is 2.26. The van der Waals surface area contributed by atoms with Gasteiger partial charge < -0.3 is 24.7 Å². The maximum absolute atomic E-state index is 11.1. The number of carbonyl (C=O) groups excluding carboxylic acids is 1. The van der Waals surface area contributed by atoms with Gasteiger partial charge in [-0.1, -0.05) is 17.7 Å². The first-order valence-electron chi connectivity index (χ1n) is 8.03. The van der Waals surface area contributed by atoms with Gasteiger partial charge in [0.25, 0.3) is 0 Å². The predicted octanol–water partition coefficient (Wildman–Crippen LogP) is 2.30. The smallest absolute Gasteiger partial charge is 0.306 e. The Morgan fingerprint density at radius 3 is 2.96 bits per heavy atom. The molecule has 1 fully saturated rings. The van der Waals surface area contributed by atoms with Crippen molar-refractivity contribution in [2.24, 2.45) is 5.73 Å². The van der Waals surface area contributed by atoms with E-state index in [1.807, 2.05) is 12.1 Å². The van der Waals surface area contributed by atoms with Crippen LogP contribution in [0, 0.1) is 0 Å². The van der Waals surface area contributed by atoms with Crippen molar-refractivity contribution in [1.29, 1.82) is 0 Å². The molecule has 1 saturated heterocycles. The average molecular weight is 358 g/mol. The van der Waals surface area contributed by atoms with Gasteiger partial charge in [0.1, 0.15) is 11.9 Å². The van der Waals surface area contributed by atoms with Crippen LogP contribution in [-0.2, 0) is 25.6 Å². The molecule has 1 aliphatic rings. The number of rotatable bonds is 10. The fourth-order valence-electron chi connectivity index (χ4n) is 2.40. The Balaban J connectivity index is 1.76. The molecule has 0 spiro atoms. The summed E-state index contributed by atoms with van der Waals surface area (Å²) in [6.45, 7) is 1.89. The zero-order valence-corrected chi connectivity index (χ0v) is 14.6. The lowest BCUT2D eigenvalue weighted by Crippen LogP contribution is -2.38.